The summed E-state index contributed by atoms with van der Waals surface area (Å²) in [6.07, 6.45) is 0. The molecule has 7 aromatic rings. The molecule has 0 fully saturated rings. The van der Waals surface area contributed by atoms with Crippen molar-refractivity contribution in [2.45, 2.75) is 13.8 Å². The van der Waals surface area contributed by atoms with Gasteiger partial charge >= 0.3 is 0 Å². The lowest BCUT2D eigenvalue weighted by Crippen LogP contribution is -2.00. The van der Waals surface area contributed by atoms with Gasteiger partial charge in [-0.25, -0.2) is 24.9 Å². The minimum atomic E-state index is 0.685. The van der Waals surface area contributed by atoms with E-state index >= 15 is 0 Å². The molecule has 44 heavy (non-hydrogen) atoms. The molecule has 5 heteroatoms. The molecule has 0 saturated carbocycles. The molecule has 0 radical (unpaired) electrons. The van der Waals surface area contributed by atoms with Crippen molar-refractivity contribution in [3.05, 3.63) is 151 Å². The Morgan fingerprint density at radius 3 is 1.05 bits per heavy atom. The Morgan fingerprint density at radius 2 is 0.636 bits per heavy atom. The first-order valence-corrected chi connectivity index (χ1v) is 14.6. The first kappa shape index (κ1) is 27.0. The van der Waals surface area contributed by atoms with Crippen LogP contribution in [0.15, 0.2) is 140 Å². The molecule has 0 aliphatic rings. The predicted octanol–water partition coefficient (Wildman–Crippen LogP) is 9.28. The Labute approximate surface area is 257 Å². The van der Waals surface area contributed by atoms with Crippen molar-refractivity contribution in [1.29, 1.82) is 0 Å². The smallest absolute Gasteiger partial charge is 0.163 e. The normalized spacial score (nSPS) is 11.0. The molecule has 7 rings (SSSR count). The Kier molecular flexibility index (Phi) is 7.27. The van der Waals surface area contributed by atoms with E-state index in [4.69, 9.17) is 9.97 Å². The van der Waals surface area contributed by atoms with Gasteiger partial charge in [0.1, 0.15) is 11.6 Å². The first-order chi connectivity index (χ1) is 21.6. The van der Waals surface area contributed by atoms with E-state index < -0.39 is 0 Å². The van der Waals surface area contributed by atoms with Crippen LogP contribution in [0.2, 0.25) is 0 Å². The highest BCUT2D eigenvalue weighted by Gasteiger charge is 2.20. The van der Waals surface area contributed by atoms with Gasteiger partial charge in [-0.15, -0.1) is 0 Å². The molecule has 0 bridgehead atoms. The van der Waals surface area contributed by atoms with Crippen molar-refractivity contribution in [3.63, 3.8) is 0 Å². The number of benzene rings is 5. The molecule has 5 aromatic carbocycles. The van der Waals surface area contributed by atoms with Gasteiger partial charge in [0, 0.05) is 27.8 Å². The zero-order valence-corrected chi connectivity index (χ0v) is 24.5. The van der Waals surface area contributed by atoms with Crippen LogP contribution in [0.3, 0.4) is 0 Å². The summed E-state index contributed by atoms with van der Waals surface area (Å²) in [5.74, 6) is 2.82. The Bertz CT molecular complexity index is 1960. The lowest BCUT2D eigenvalue weighted by atomic mass is 9.94. The second kappa shape index (κ2) is 11.8. The summed E-state index contributed by atoms with van der Waals surface area (Å²) in [6.45, 7) is 3.78. The van der Waals surface area contributed by atoms with E-state index in [0.29, 0.717) is 11.6 Å². The summed E-state index contributed by atoms with van der Waals surface area (Å²) < 4.78 is 0. The molecule has 2 heterocycles. The van der Waals surface area contributed by atoms with Crippen LogP contribution >= 0.6 is 0 Å². The fourth-order valence-electron chi connectivity index (χ4n) is 5.45. The molecule has 0 N–H and O–H groups in total. The molecule has 0 spiro atoms. The van der Waals surface area contributed by atoms with Crippen molar-refractivity contribution in [2.24, 2.45) is 0 Å². The van der Waals surface area contributed by atoms with Crippen LogP contribution in [-0.4, -0.2) is 24.9 Å². The Balaban J connectivity index is 1.31. The third-order valence-electron chi connectivity index (χ3n) is 7.54. The number of rotatable bonds is 6. The predicted molar refractivity (Wildman–Crippen MR) is 178 cm³/mol. The first-order valence-electron chi connectivity index (χ1n) is 14.6. The van der Waals surface area contributed by atoms with E-state index in [9.17, 15) is 0 Å². The topological polar surface area (TPSA) is 64.5 Å². The number of hydrogen-bond donors (Lipinski definition) is 0. The second-order valence-electron chi connectivity index (χ2n) is 10.6. The molecule has 0 amide bonds. The Hall–Kier alpha value is -5.81. The van der Waals surface area contributed by atoms with Crippen molar-refractivity contribution >= 4 is 0 Å². The molecule has 0 unspecified atom stereocenters. The van der Waals surface area contributed by atoms with E-state index in [0.717, 1.165) is 67.5 Å². The zero-order valence-electron chi connectivity index (χ0n) is 24.5. The number of aryl methyl sites for hydroxylation is 2. The monoisotopic (exact) mass is 567 g/mol. The van der Waals surface area contributed by atoms with Gasteiger partial charge in [0.25, 0.3) is 0 Å². The highest BCUT2D eigenvalue weighted by molar-refractivity contribution is 5.92. The average Bonchev–Trinajstić information content (AvgIpc) is 3.08. The highest BCUT2D eigenvalue weighted by Crippen LogP contribution is 2.39. The van der Waals surface area contributed by atoms with Gasteiger partial charge in [-0.05, 0) is 30.5 Å². The number of aromatic nitrogens is 5. The molecule has 5 nitrogen and oxygen atoms in total. The van der Waals surface area contributed by atoms with E-state index in [1.54, 1.807) is 0 Å². The van der Waals surface area contributed by atoms with Crippen LogP contribution in [0.1, 0.15) is 11.6 Å². The van der Waals surface area contributed by atoms with Gasteiger partial charge in [-0.2, -0.15) is 0 Å². The molecule has 0 atom stereocenters. The minimum Gasteiger partial charge on any atom is -0.227 e. The number of nitrogens with zero attached hydrogens (tertiary/aromatic N) is 5. The molecule has 0 saturated heterocycles. The van der Waals surface area contributed by atoms with Crippen LogP contribution in [0.4, 0.5) is 0 Å². The molecular formula is C39H29N5. The third kappa shape index (κ3) is 5.51. The summed E-state index contributed by atoms with van der Waals surface area (Å²) in [5.41, 5.74) is 10.1. The molecule has 0 aliphatic carbocycles. The summed E-state index contributed by atoms with van der Waals surface area (Å²) in [6, 6.07) is 47.9. The van der Waals surface area contributed by atoms with Crippen LogP contribution in [-0.2, 0) is 0 Å². The van der Waals surface area contributed by atoms with E-state index in [1.807, 2.05) is 32.0 Å². The van der Waals surface area contributed by atoms with Crippen LogP contribution in [0.25, 0.3) is 67.5 Å². The Morgan fingerprint density at radius 1 is 0.295 bits per heavy atom. The molecular weight excluding hydrogens is 538 g/mol. The fraction of sp³-hybridized carbons (Fsp3) is 0.0513. The molecule has 2 aromatic heterocycles. The van der Waals surface area contributed by atoms with Gasteiger partial charge in [0.05, 0.1) is 11.4 Å². The summed E-state index contributed by atoms with van der Waals surface area (Å²) in [4.78, 5) is 23.7. The van der Waals surface area contributed by atoms with Gasteiger partial charge in [-0.1, -0.05) is 140 Å². The minimum absolute atomic E-state index is 0.685. The summed E-state index contributed by atoms with van der Waals surface area (Å²) in [5, 5.41) is 0. The summed E-state index contributed by atoms with van der Waals surface area (Å²) >= 11 is 0. The summed E-state index contributed by atoms with van der Waals surface area (Å²) in [7, 11) is 0. The van der Waals surface area contributed by atoms with Crippen LogP contribution in [0, 0.1) is 13.8 Å². The lowest BCUT2D eigenvalue weighted by molar-refractivity contribution is 0.928. The van der Waals surface area contributed by atoms with Gasteiger partial charge in [-0.3, -0.25) is 0 Å². The van der Waals surface area contributed by atoms with Crippen molar-refractivity contribution in [1.82, 2.24) is 24.9 Å². The van der Waals surface area contributed by atoms with Crippen molar-refractivity contribution < 1.29 is 0 Å². The zero-order chi connectivity index (χ0) is 29.9. The van der Waals surface area contributed by atoms with E-state index in [1.165, 1.54) is 0 Å². The maximum atomic E-state index is 5.21. The molecule has 0 aliphatic heterocycles. The third-order valence-corrected chi connectivity index (χ3v) is 7.54. The standard InChI is InChI=1S/C39H29N5/c1-26-40-27(2)42-38(41-26)33-22-18-28(19-23-33)29-20-24-34(25-21-29)39-43-36(31-14-8-4-9-15-31)35(30-12-6-3-7-13-30)37(44-39)32-16-10-5-11-17-32/h3-25H,1-2H3. The highest BCUT2D eigenvalue weighted by atomic mass is 15.0. The van der Waals surface area contributed by atoms with Crippen molar-refractivity contribution in [2.75, 3.05) is 0 Å². The maximum Gasteiger partial charge on any atom is 0.163 e. The van der Waals surface area contributed by atoms with Gasteiger partial charge < -0.3 is 0 Å². The average molecular weight is 568 g/mol. The van der Waals surface area contributed by atoms with Gasteiger partial charge in [0.15, 0.2) is 11.6 Å². The largest absolute Gasteiger partial charge is 0.227 e. The lowest BCUT2D eigenvalue weighted by Gasteiger charge is -2.17. The maximum absolute atomic E-state index is 5.21. The van der Waals surface area contributed by atoms with E-state index in [-0.39, 0.29) is 0 Å². The van der Waals surface area contributed by atoms with Gasteiger partial charge in [0.2, 0.25) is 0 Å². The van der Waals surface area contributed by atoms with Crippen molar-refractivity contribution in [3.8, 4) is 67.5 Å². The quantitative estimate of drug-likeness (QED) is 0.200. The second-order valence-corrected chi connectivity index (χ2v) is 10.6. The number of hydrogen-bond acceptors (Lipinski definition) is 5. The fourth-order valence-corrected chi connectivity index (χ4v) is 5.45. The molecule has 210 valence electrons. The van der Waals surface area contributed by atoms with E-state index in [2.05, 4.69) is 136 Å². The van der Waals surface area contributed by atoms with Crippen LogP contribution in [0.5, 0.6) is 0 Å². The van der Waals surface area contributed by atoms with Crippen LogP contribution < -0.4 is 0 Å². The SMILES string of the molecule is Cc1nc(C)nc(-c2ccc(-c3ccc(-c4nc(-c5ccccc5)c(-c5ccccc5)c(-c5ccccc5)n4)cc3)cc2)n1.